The van der Waals surface area contributed by atoms with Gasteiger partial charge in [0.05, 0.1) is 11.4 Å². The smallest absolute Gasteiger partial charge is 0.172 e. The molecule has 0 atom stereocenters. The fraction of sp³-hybridized carbons (Fsp3) is 0.154. The van der Waals surface area contributed by atoms with Gasteiger partial charge in [-0.05, 0) is 25.1 Å². The van der Waals surface area contributed by atoms with E-state index in [1.54, 1.807) is 18.3 Å². The average Bonchev–Trinajstić information content (AvgIpc) is 2.39. The molecular formula is C13H14N3O. The van der Waals surface area contributed by atoms with Crippen molar-refractivity contribution in [2.24, 2.45) is 5.73 Å². The second kappa shape index (κ2) is 5.03. The second-order valence-corrected chi connectivity index (χ2v) is 3.71. The van der Waals surface area contributed by atoms with Gasteiger partial charge in [-0.1, -0.05) is 12.1 Å². The summed E-state index contributed by atoms with van der Waals surface area (Å²) in [6.07, 6.45) is 1.74. The summed E-state index contributed by atoms with van der Waals surface area (Å²) in [6.45, 7) is 2.18. The molecule has 0 bridgehead atoms. The maximum atomic E-state index is 10.2. The van der Waals surface area contributed by atoms with Gasteiger partial charge in [-0.3, -0.25) is 9.97 Å². The van der Waals surface area contributed by atoms with Crippen molar-refractivity contribution in [3.63, 3.8) is 0 Å². The van der Waals surface area contributed by atoms with Gasteiger partial charge in [0, 0.05) is 24.0 Å². The number of aryl methyl sites for hydroxylation is 1. The Bertz CT molecular complexity index is 499. The molecule has 2 aromatic heterocycles. The molecule has 4 nitrogen and oxygen atoms in total. The Balaban J connectivity index is 2.40. The Hall–Kier alpha value is -1.78. The molecular weight excluding hydrogens is 214 g/mol. The minimum atomic E-state index is 0.110. The molecule has 0 aliphatic rings. The first-order valence-corrected chi connectivity index (χ1v) is 5.36. The highest BCUT2D eigenvalue weighted by Crippen LogP contribution is 2.21. The number of aromatic nitrogens is 2. The lowest BCUT2D eigenvalue weighted by Gasteiger charge is -2.12. The standard InChI is InChI=1S/C13H14N3O/c1-9-5-6-10(12(8-14)16-9)13(17)11-4-2-3-7-15-11/h2-7,17H,8,14H2,1H3. The summed E-state index contributed by atoms with van der Waals surface area (Å²) in [6, 6.07) is 9.02. The lowest BCUT2D eigenvalue weighted by Crippen LogP contribution is -2.11. The molecule has 0 unspecified atom stereocenters. The first-order valence-electron chi connectivity index (χ1n) is 5.36. The molecule has 0 amide bonds. The van der Waals surface area contributed by atoms with E-state index in [9.17, 15) is 5.11 Å². The third kappa shape index (κ3) is 2.49. The number of aliphatic hydroxyl groups is 1. The number of rotatable bonds is 3. The summed E-state index contributed by atoms with van der Waals surface area (Å²) in [5.74, 6) is 0. The summed E-state index contributed by atoms with van der Waals surface area (Å²) in [7, 11) is 0. The summed E-state index contributed by atoms with van der Waals surface area (Å²) >= 11 is 0. The summed E-state index contributed by atoms with van der Waals surface area (Å²) in [4.78, 5) is 8.40. The molecule has 0 spiro atoms. The predicted molar refractivity (Wildman–Crippen MR) is 64.5 cm³/mol. The molecule has 2 rings (SSSR count). The van der Waals surface area contributed by atoms with Crippen molar-refractivity contribution in [2.75, 3.05) is 0 Å². The average molecular weight is 228 g/mol. The third-order valence-electron chi connectivity index (χ3n) is 2.47. The molecule has 2 heterocycles. The van der Waals surface area contributed by atoms with Crippen LogP contribution in [0.3, 0.4) is 0 Å². The molecule has 17 heavy (non-hydrogen) atoms. The highest BCUT2D eigenvalue weighted by atomic mass is 16.3. The van der Waals surface area contributed by atoms with Crippen LogP contribution in [-0.2, 0) is 6.54 Å². The fourth-order valence-corrected chi connectivity index (χ4v) is 1.62. The molecule has 0 fully saturated rings. The van der Waals surface area contributed by atoms with Gasteiger partial charge in [-0.2, -0.15) is 0 Å². The Labute approximate surface area is 100 Å². The van der Waals surface area contributed by atoms with Crippen LogP contribution in [0.1, 0.15) is 22.6 Å². The first kappa shape index (κ1) is 11.7. The van der Waals surface area contributed by atoms with E-state index in [2.05, 4.69) is 9.97 Å². The molecule has 0 saturated heterocycles. The molecule has 0 aliphatic carbocycles. The quantitative estimate of drug-likeness (QED) is 0.836. The van der Waals surface area contributed by atoms with Crippen molar-refractivity contribution in [3.8, 4) is 0 Å². The third-order valence-corrected chi connectivity index (χ3v) is 2.47. The van der Waals surface area contributed by atoms with Crippen LogP contribution in [0, 0.1) is 13.0 Å². The van der Waals surface area contributed by atoms with E-state index in [1.807, 2.05) is 25.1 Å². The van der Waals surface area contributed by atoms with E-state index in [0.29, 0.717) is 17.0 Å². The van der Waals surface area contributed by atoms with Crippen LogP contribution < -0.4 is 5.73 Å². The Morgan fingerprint density at radius 2 is 2.12 bits per heavy atom. The Kier molecular flexibility index (Phi) is 3.46. The largest absolute Gasteiger partial charge is 0.375 e. The van der Waals surface area contributed by atoms with Gasteiger partial charge in [0.15, 0.2) is 6.10 Å². The maximum absolute atomic E-state index is 10.2. The first-order chi connectivity index (χ1) is 8.22. The molecule has 2 aromatic rings. The Morgan fingerprint density at radius 3 is 2.76 bits per heavy atom. The van der Waals surface area contributed by atoms with E-state index < -0.39 is 0 Å². The minimum absolute atomic E-state index is 0.110. The molecule has 4 heteroatoms. The lowest BCUT2D eigenvalue weighted by molar-refractivity contribution is 0.350. The normalized spacial score (nSPS) is 10.8. The van der Waals surface area contributed by atoms with Crippen molar-refractivity contribution < 1.29 is 5.11 Å². The predicted octanol–water partition coefficient (Wildman–Crippen LogP) is 1.54. The molecule has 0 saturated carbocycles. The molecule has 0 aliphatic heterocycles. The number of pyridine rings is 2. The molecule has 1 radical (unpaired) electrons. The van der Waals surface area contributed by atoms with Crippen LogP contribution in [0.25, 0.3) is 0 Å². The fourth-order valence-electron chi connectivity index (χ4n) is 1.62. The van der Waals surface area contributed by atoms with Gasteiger partial charge >= 0.3 is 0 Å². The lowest BCUT2D eigenvalue weighted by atomic mass is 10.0. The van der Waals surface area contributed by atoms with E-state index in [1.165, 1.54) is 0 Å². The van der Waals surface area contributed by atoms with Crippen LogP contribution in [0.5, 0.6) is 0 Å². The zero-order valence-corrected chi connectivity index (χ0v) is 9.59. The van der Waals surface area contributed by atoms with Crippen molar-refractivity contribution >= 4 is 0 Å². The van der Waals surface area contributed by atoms with Crippen molar-refractivity contribution in [3.05, 3.63) is 65.3 Å². The van der Waals surface area contributed by atoms with Crippen LogP contribution in [-0.4, -0.2) is 15.1 Å². The van der Waals surface area contributed by atoms with Gasteiger partial charge in [0.1, 0.15) is 0 Å². The molecule has 87 valence electrons. The van der Waals surface area contributed by atoms with Crippen LogP contribution >= 0.6 is 0 Å². The number of nitrogens with two attached hydrogens (primary N) is 1. The van der Waals surface area contributed by atoms with Gasteiger partial charge in [-0.25, -0.2) is 0 Å². The van der Waals surface area contributed by atoms with E-state index in [0.717, 1.165) is 5.69 Å². The number of hydrogen-bond donors (Lipinski definition) is 2. The highest BCUT2D eigenvalue weighted by Gasteiger charge is 2.17. The Morgan fingerprint density at radius 1 is 1.29 bits per heavy atom. The van der Waals surface area contributed by atoms with E-state index in [-0.39, 0.29) is 12.6 Å². The van der Waals surface area contributed by atoms with Crippen LogP contribution in [0.4, 0.5) is 0 Å². The number of hydrogen-bond acceptors (Lipinski definition) is 4. The molecule has 0 aromatic carbocycles. The van der Waals surface area contributed by atoms with Crippen LogP contribution in [0.2, 0.25) is 0 Å². The van der Waals surface area contributed by atoms with Gasteiger partial charge in [-0.15, -0.1) is 0 Å². The van der Waals surface area contributed by atoms with Crippen LogP contribution in [0.15, 0.2) is 36.5 Å². The van der Waals surface area contributed by atoms with Crippen molar-refractivity contribution in [1.29, 1.82) is 0 Å². The van der Waals surface area contributed by atoms with Crippen molar-refractivity contribution in [1.82, 2.24) is 9.97 Å². The van der Waals surface area contributed by atoms with Gasteiger partial charge in [0.25, 0.3) is 0 Å². The monoisotopic (exact) mass is 228 g/mol. The number of aliphatic hydroxyl groups excluding tert-OH is 1. The van der Waals surface area contributed by atoms with Crippen molar-refractivity contribution in [2.45, 2.75) is 13.5 Å². The molecule has 3 N–H and O–H groups in total. The summed E-state index contributed by atoms with van der Waals surface area (Å²) < 4.78 is 0. The van der Waals surface area contributed by atoms with E-state index >= 15 is 0 Å². The van der Waals surface area contributed by atoms with E-state index in [4.69, 9.17) is 5.73 Å². The number of nitrogens with zero attached hydrogens (tertiary/aromatic N) is 2. The summed E-state index contributed by atoms with van der Waals surface area (Å²) in [5, 5.41) is 10.2. The minimum Gasteiger partial charge on any atom is -0.375 e. The maximum Gasteiger partial charge on any atom is 0.172 e. The topological polar surface area (TPSA) is 72.0 Å². The SMILES string of the molecule is Cc1ccc([C](O)c2ccccn2)c(CN)n1. The second-order valence-electron chi connectivity index (χ2n) is 3.71. The summed E-state index contributed by atoms with van der Waals surface area (Å²) in [5.41, 5.74) is 8.34. The van der Waals surface area contributed by atoms with Gasteiger partial charge < -0.3 is 10.8 Å². The zero-order valence-electron chi connectivity index (χ0n) is 9.59. The highest BCUT2D eigenvalue weighted by molar-refractivity contribution is 5.40. The zero-order chi connectivity index (χ0) is 12.3. The van der Waals surface area contributed by atoms with Gasteiger partial charge in [0.2, 0.25) is 0 Å².